The molecule has 2 fully saturated rings. The maximum absolute atomic E-state index is 12.4. The lowest BCUT2D eigenvalue weighted by Gasteiger charge is -2.18. The van der Waals surface area contributed by atoms with Crippen LogP contribution >= 0.6 is 0 Å². The summed E-state index contributed by atoms with van der Waals surface area (Å²) in [6.45, 7) is 5.34. The highest BCUT2D eigenvalue weighted by atomic mass is 16.2. The summed E-state index contributed by atoms with van der Waals surface area (Å²) in [4.78, 5) is 26.5. The van der Waals surface area contributed by atoms with Crippen LogP contribution in [0.2, 0.25) is 0 Å². The van der Waals surface area contributed by atoms with Gasteiger partial charge in [0.05, 0.1) is 11.6 Å². The number of likely N-dealkylation sites (tertiary alicyclic amines) is 1. The average molecular weight is 318 g/mol. The first-order valence-corrected chi connectivity index (χ1v) is 8.62. The van der Waals surface area contributed by atoms with Crippen molar-refractivity contribution in [2.45, 2.75) is 58.5 Å². The topological polar surface area (TPSA) is 67.2 Å². The Labute approximate surface area is 137 Å². The molecule has 1 aromatic heterocycles. The average Bonchev–Trinajstić information content (AvgIpc) is 3.21. The molecule has 1 aliphatic carbocycles. The van der Waals surface area contributed by atoms with Gasteiger partial charge in [-0.2, -0.15) is 5.10 Å². The molecule has 0 bridgehead atoms. The van der Waals surface area contributed by atoms with Crippen LogP contribution < -0.4 is 5.32 Å². The highest BCUT2D eigenvalue weighted by molar-refractivity contribution is 5.82. The van der Waals surface area contributed by atoms with Crippen molar-refractivity contribution in [2.75, 3.05) is 13.1 Å². The van der Waals surface area contributed by atoms with E-state index in [1.54, 1.807) is 9.58 Å². The monoisotopic (exact) mass is 318 g/mol. The smallest absolute Gasteiger partial charge is 0.244 e. The van der Waals surface area contributed by atoms with E-state index >= 15 is 0 Å². The predicted octanol–water partition coefficient (Wildman–Crippen LogP) is 1.41. The Morgan fingerprint density at radius 2 is 2.00 bits per heavy atom. The van der Waals surface area contributed by atoms with Gasteiger partial charge in [-0.3, -0.25) is 14.3 Å². The molecule has 0 radical (unpaired) electrons. The van der Waals surface area contributed by atoms with Crippen molar-refractivity contribution in [1.29, 1.82) is 0 Å². The fraction of sp³-hybridized carbons (Fsp3) is 0.706. The molecule has 6 nitrogen and oxygen atoms in total. The number of nitrogens with zero attached hydrogens (tertiary/aromatic N) is 3. The molecule has 1 unspecified atom stereocenters. The second-order valence-electron chi connectivity index (χ2n) is 6.90. The van der Waals surface area contributed by atoms with Gasteiger partial charge in [-0.05, 0) is 39.2 Å². The molecule has 1 saturated carbocycles. The van der Waals surface area contributed by atoms with Gasteiger partial charge in [0.1, 0.15) is 6.54 Å². The van der Waals surface area contributed by atoms with Gasteiger partial charge in [0, 0.05) is 24.8 Å². The van der Waals surface area contributed by atoms with E-state index in [9.17, 15) is 9.59 Å². The van der Waals surface area contributed by atoms with Gasteiger partial charge in [0.2, 0.25) is 11.8 Å². The molecule has 6 heteroatoms. The number of aromatic nitrogens is 2. The molecular formula is C17H26N4O2. The van der Waals surface area contributed by atoms with E-state index in [-0.39, 0.29) is 24.3 Å². The van der Waals surface area contributed by atoms with Gasteiger partial charge >= 0.3 is 0 Å². The van der Waals surface area contributed by atoms with Crippen molar-refractivity contribution in [3.8, 4) is 0 Å². The largest absolute Gasteiger partial charge is 0.353 e. The molecule has 3 rings (SSSR count). The van der Waals surface area contributed by atoms with Crippen molar-refractivity contribution < 1.29 is 9.59 Å². The van der Waals surface area contributed by atoms with Crippen LogP contribution in [0.1, 0.15) is 43.5 Å². The highest BCUT2D eigenvalue weighted by Crippen LogP contribution is 2.21. The summed E-state index contributed by atoms with van der Waals surface area (Å²) in [6, 6.07) is 2.32. The van der Waals surface area contributed by atoms with E-state index in [0.717, 1.165) is 30.7 Å². The molecule has 1 aromatic rings. The summed E-state index contributed by atoms with van der Waals surface area (Å²) in [6.07, 6.45) is 5.38. The Kier molecular flexibility index (Phi) is 4.68. The van der Waals surface area contributed by atoms with Crippen LogP contribution in [0.3, 0.4) is 0 Å². The van der Waals surface area contributed by atoms with Crippen LogP contribution in [0.25, 0.3) is 0 Å². The fourth-order valence-electron chi connectivity index (χ4n) is 3.65. The Morgan fingerprint density at radius 3 is 2.65 bits per heavy atom. The van der Waals surface area contributed by atoms with E-state index in [2.05, 4.69) is 10.4 Å². The molecule has 1 atom stereocenters. The number of nitrogens with one attached hydrogen (secondary N) is 1. The Hall–Kier alpha value is -1.85. The minimum absolute atomic E-state index is 0.0485. The lowest BCUT2D eigenvalue weighted by atomic mass is 10.1. The van der Waals surface area contributed by atoms with Crippen LogP contribution in [0.5, 0.6) is 0 Å². The Balaban J connectivity index is 1.51. The standard InChI is InChI=1S/C17H26N4O2/c1-12-9-13(2)21(19-12)11-16(22)20-8-7-14(10-20)17(23)18-15-5-3-4-6-15/h9,14-15H,3-8,10-11H2,1-2H3,(H,18,23). The molecule has 2 aliphatic rings. The molecule has 2 heterocycles. The van der Waals surface area contributed by atoms with Crippen LogP contribution in [0, 0.1) is 19.8 Å². The second kappa shape index (κ2) is 6.72. The van der Waals surface area contributed by atoms with Gasteiger partial charge < -0.3 is 10.2 Å². The number of rotatable bonds is 4. The molecule has 1 saturated heterocycles. The first kappa shape index (κ1) is 16.0. The maximum atomic E-state index is 12.4. The first-order chi connectivity index (χ1) is 11.0. The SMILES string of the molecule is Cc1cc(C)n(CC(=O)N2CCC(C(=O)NC3CCCC3)C2)n1. The zero-order chi connectivity index (χ0) is 16.4. The summed E-state index contributed by atoms with van der Waals surface area (Å²) in [7, 11) is 0. The molecule has 0 aromatic carbocycles. The van der Waals surface area contributed by atoms with Crippen molar-refractivity contribution in [3.05, 3.63) is 17.5 Å². The van der Waals surface area contributed by atoms with Crippen LogP contribution in [-0.4, -0.2) is 45.6 Å². The van der Waals surface area contributed by atoms with Gasteiger partial charge in [-0.25, -0.2) is 0 Å². The maximum Gasteiger partial charge on any atom is 0.244 e. The number of hydrogen-bond donors (Lipinski definition) is 1. The molecule has 23 heavy (non-hydrogen) atoms. The van der Waals surface area contributed by atoms with Crippen molar-refractivity contribution in [1.82, 2.24) is 20.0 Å². The third-order valence-electron chi connectivity index (χ3n) is 5.00. The normalized spacial score (nSPS) is 21.8. The molecule has 2 amide bonds. The minimum atomic E-state index is -0.0556. The summed E-state index contributed by atoms with van der Waals surface area (Å²) in [5, 5.41) is 7.48. The zero-order valence-electron chi connectivity index (χ0n) is 14.0. The predicted molar refractivity (Wildman–Crippen MR) is 86.8 cm³/mol. The Morgan fingerprint density at radius 1 is 1.26 bits per heavy atom. The number of hydrogen-bond acceptors (Lipinski definition) is 3. The first-order valence-electron chi connectivity index (χ1n) is 8.62. The molecular weight excluding hydrogens is 292 g/mol. The zero-order valence-corrected chi connectivity index (χ0v) is 14.0. The third kappa shape index (κ3) is 3.74. The van der Waals surface area contributed by atoms with E-state index < -0.39 is 0 Å². The Bertz CT molecular complexity index is 589. The van der Waals surface area contributed by atoms with Crippen LogP contribution in [-0.2, 0) is 16.1 Å². The number of carbonyl (C=O) groups excluding carboxylic acids is 2. The summed E-state index contributed by atoms with van der Waals surface area (Å²) in [5.41, 5.74) is 1.91. The lowest BCUT2D eigenvalue weighted by molar-refractivity contribution is -0.131. The summed E-state index contributed by atoms with van der Waals surface area (Å²) >= 11 is 0. The van der Waals surface area contributed by atoms with Gasteiger partial charge in [0.15, 0.2) is 0 Å². The molecule has 0 spiro atoms. The quantitative estimate of drug-likeness (QED) is 0.912. The van der Waals surface area contributed by atoms with E-state index in [1.165, 1.54) is 12.8 Å². The van der Waals surface area contributed by atoms with Gasteiger partial charge in [-0.1, -0.05) is 12.8 Å². The van der Waals surface area contributed by atoms with Crippen molar-refractivity contribution in [2.24, 2.45) is 5.92 Å². The second-order valence-corrected chi connectivity index (χ2v) is 6.90. The van der Waals surface area contributed by atoms with Gasteiger partial charge in [0.25, 0.3) is 0 Å². The highest BCUT2D eigenvalue weighted by Gasteiger charge is 2.32. The van der Waals surface area contributed by atoms with Gasteiger partial charge in [-0.15, -0.1) is 0 Å². The fourth-order valence-corrected chi connectivity index (χ4v) is 3.65. The lowest BCUT2D eigenvalue weighted by Crippen LogP contribution is -2.39. The molecule has 1 N–H and O–H groups in total. The minimum Gasteiger partial charge on any atom is -0.353 e. The van der Waals surface area contributed by atoms with Crippen molar-refractivity contribution >= 4 is 11.8 Å². The molecule has 126 valence electrons. The number of aryl methyl sites for hydroxylation is 2. The summed E-state index contributed by atoms with van der Waals surface area (Å²) < 4.78 is 1.74. The van der Waals surface area contributed by atoms with E-state index in [4.69, 9.17) is 0 Å². The number of amides is 2. The number of carbonyl (C=O) groups is 2. The van der Waals surface area contributed by atoms with E-state index in [1.807, 2.05) is 19.9 Å². The van der Waals surface area contributed by atoms with Crippen molar-refractivity contribution in [3.63, 3.8) is 0 Å². The van der Waals surface area contributed by atoms with E-state index in [0.29, 0.717) is 19.1 Å². The molecule has 1 aliphatic heterocycles. The van der Waals surface area contributed by atoms with Crippen LogP contribution in [0.4, 0.5) is 0 Å². The van der Waals surface area contributed by atoms with Crippen LogP contribution in [0.15, 0.2) is 6.07 Å². The third-order valence-corrected chi connectivity index (χ3v) is 5.00. The summed E-state index contributed by atoms with van der Waals surface area (Å²) in [5.74, 6) is 0.116.